The van der Waals surface area contributed by atoms with Gasteiger partial charge in [0, 0.05) is 0 Å². The molecule has 0 aliphatic carbocycles. The highest BCUT2D eigenvalue weighted by Crippen LogP contribution is 2.23. The molecule has 0 radical (unpaired) electrons. The van der Waals surface area contributed by atoms with Gasteiger partial charge in [-0.05, 0) is 12.1 Å². The number of hydrogen-bond acceptors (Lipinski definition) is 3. The second kappa shape index (κ2) is 2.99. The van der Waals surface area contributed by atoms with Gasteiger partial charge in [-0.3, -0.25) is 0 Å². The van der Waals surface area contributed by atoms with Gasteiger partial charge in [-0.2, -0.15) is 0 Å². The predicted molar refractivity (Wildman–Crippen MR) is 39.7 cm³/mol. The van der Waals surface area contributed by atoms with Crippen molar-refractivity contribution in [1.82, 2.24) is 0 Å². The summed E-state index contributed by atoms with van der Waals surface area (Å²) in [7, 11) is 0. The van der Waals surface area contributed by atoms with Gasteiger partial charge in [0.15, 0.2) is 5.82 Å². The summed E-state index contributed by atoms with van der Waals surface area (Å²) >= 11 is 5.31. The average molecular weight is 193 g/mol. The largest absolute Gasteiger partial charge is 0.340 e. The minimum Gasteiger partial charge on any atom is -0.340 e. The number of halogens is 2. The van der Waals surface area contributed by atoms with Gasteiger partial charge >= 0.3 is 5.97 Å². The smallest absolute Gasteiger partial charge is 0.307 e. The number of hydrogen-bond donors (Lipinski definition) is 3. The molecule has 1 aromatic carbocycles. The van der Waals surface area contributed by atoms with Crippen LogP contribution in [-0.4, -0.2) is 15.3 Å². The molecule has 0 aliphatic heterocycles. The molecule has 0 atom stereocenters. The van der Waals surface area contributed by atoms with Crippen LogP contribution in [0.25, 0.3) is 0 Å². The summed E-state index contributed by atoms with van der Waals surface area (Å²) in [6.07, 6.45) is 0. The average Bonchev–Trinajstić information content (AvgIpc) is 1.92. The predicted octanol–water partition coefficient (Wildman–Crippen LogP) is 0.566. The standard InChI is InChI=1S/C7H6ClFO3/c8-5-3-1-2-4(6(5)9)7(10,11)12/h1-3,10-12H. The lowest BCUT2D eigenvalue weighted by atomic mass is 10.2. The highest BCUT2D eigenvalue weighted by atomic mass is 35.5. The van der Waals surface area contributed by atoms with E-state index in [4.69, 9.17) is 26.9 Å². The monoisotopic (exact) mass is 192 g/mol. The fourth-order valence-corrected chi connectivity index (χ4v) is 0.937. The maximum Gasteiger partial charge on any atom is 0.307 e. The van der Waals surface area contributed by atoms with E-state index in [1.54, 1.807) is 0 Å². The molecule has 3 nitrogen and oxygen atoms in total. The second-order valence-corrected chi connectivity index (χ2v) is 2.64. The van der Waals surface area contributed by atoms with Crippen LogP contribution in [0.1, 0.15) is 5.56 Å². The molecule has 1 rings (SSSR count). The summed E-state index contributed by atoms with van der Waals surface area (Å²) in [5, 5.41) is 25.5. The SMILES string of the molecule is OC(O)(O)c1cccc(Cl)c1F. The topological polar surface area (TPSA) is 60.7 Å². The van der Waals surface area contributed by atoms with E-state index in [2.05, 4.69) is 0 Å². The molecule has 0 fully saturated rings. The van der Waals surface area contributed by atoms with Gasteiger partial charge in [0.05, 0.1) is 10.6 Å². The highest BCUT2D eigenvalue weighted by Gasteiger charge is 2.26. The molecule has 0 spiro atoms. The van der Waals surface area contributed by atoms with E-state index in [9.17, 15) is 4.39 Å². The lowest BCUT2D eigenvalue weighted by Gasteiger charge is -2.14. The van der Waals surface area contributed by atoms with Crippen molar-refractivity contribution in [2.75, 3.05) is 0 Å². The summed E-state index contributed by atoms with van der Waals surface area (Å²) in [6.45, 7) is 0. The highest BCUT2D eigenvalue weighted by molar-refractivity contribution is 6.30. The Bertz CT molecular complexity index is 295. The van der Waals surface area contributed by atoms with E-state index in [1.165, 1.54) is 12.1 Å². The summed E-state index contributed by atoms with van der Waals surface area (Å²) in [4.78, 5) is 0. The van der Waals surface area contributed by atoms with Gasteiger partial charge < -0.3 is 15.3 Å². The fraction of sp³-hybridized carbons (Fsp3) is 0.143. The van der Waals surface area contributed by atoms with Crippen LogP contribution < -0.4 is 0 Å². The molecule has 12 heavy (non-hydrogen) atoms. The minimum atomic E-state index is -3.19. The van der Waals surface area contributed by atoms with Gasteiger partial charge in [0.25, 0.3) is 0 Å². The quantitative estimate of drug-likeness (QED) is 0.570. The Hall–Kier alpha value is -0.680. The Kier molecular flexibility index (Phi) is 2.34. The Morgan fingerprint density at radius 2 is 1.83 bits per heavy atom. The van der Waals surface area contributed by atoms with Gasteiger partial charge in [0.1, 0.15) is 0 Å². The van der Waals surface area contributed by atoms with Crippen molar-refractivity contribution in [1.29, 1.82) is 0 Å². The van der Waals surface area contributed by atoms with Crippen molar-refractivity contribution in [3.05, 3.63) is 34.6 Å². The summed E-state index contributed by atoms with van der Waals surface area (Å²) in [5.74, 6) is -4.23. The van der Waals surface area contributed by atoms with Crippen molar-refractivity contribution >= 4 is 11.6 Å². The summed E-state index contributed by atoms with van der Waals surface area (Å²) in [5.41, 5.74) is -0.671. The van der Waals surface area contributed by atoms with Gasteiger partial charge in [-0.25, -0.2) is 4.39 Å². The van der Waals surface area contributed by atoms with Gasteiger partial charge in [-0.15, -0.1) is 0 Å². The molecule has 0 unspecified atom stereocenters. The van der Waals surface area contributed by atoms with Crippen molar-refractivity contribution in [3.63, 3.8) is 0 Å². The summed E-state index contributed by atoms with van der Waals surface area (Å²) in [6, 6.07) is 3.53. The van der Waals surface area contributed by atoms with Crippen LogP contribution in [0.5, 0.6) is 0 Å². The van der Waals surface area contributed by atoms with Crippen molar-refractivity contribution in [2.24, 2.45) is 0 Å². The normalized spacial score (nSPS) is 11.8. The molecule has 0 saturated carbocycles. The molecule has 0 amide bonds. The van der Waals surface area contributed by atoms with Gasteiger partial charge in [0.2, 0.25) is 0 Å². The van der Waals surface area contributed by atoms with E-state index in [0.717, 1.165) is 6.07 Å². The lowest BCUT2D eigenvalue weighted by Crippen LogP contribution is -2.25. The molecule has 0 aliphatic rings. The van der Waals surface area contributed by atoms with Crippen molar-refractivity contribution in [3.8, 4) is 0 Å². The molecular formula is C7H6ClFO3. The van der Waals surface area contributed by atoms with E-state index in [1.807, 2.05) is 0 Å². The van der Waals surface area contributed by atoms with E-state index in [0.29, 0.717) is 0 Å². The third kappa shape index (κ3) is 1.73. The first kappa shape index (κ1) is 9.41. The lowest BCUT2D eigenvalue weighted by molar-refractivity contribution is -0.325. The van der Waals surface area contributed by atoms with Crippen LogP contribution in [0.2, 0.25) is 5.02 Å². The minimum absolute atomic E-state index is 0.283. The zero-order chi connectivity index (χ0) is 9.35. The number of rotatable bonds is 1. The number of benzene rings is 1. The molecule has 0 saturated heterocycles. The first-order valence-corrected chi connectivity index (χ1v) is 3.42. The van der Waals surface area contributed by atoms with Crippen LogP contribution in [0.15, 0.2) is 18.2 Å². The van der Waals surface area contributed by atoms with Gasteiger partial charge in [-0.1, -0.05) is 17.7 Å². The molecule has 66 valence electrons. The number of aliphatic hydroxyl groups is 3. The molecule has 3 N–H and O–H groups in total. The van der Waals surface area contributed by atoms with Crippen LogP contribution in [-0.2, 0) is 5.97 Å². The van der Waals surface area contributed by atoms with Crippen LogP contribution in [0, 0.1) is 5.82 Å². The molecular weight excluding hydrogens is 187 g/mol. The van der Waals surface area contributed by atoms with E-state index < -0.39 is 17.4 Å². The third-order valence-corrected chi connectivity index (χ3v) is 1.60. The maximum absolute atomic E-state index is 12.9. The molecule has 1 aromatic rings. The van der Waals surface area contributed by atoms with Crippen LogP contribution in [0.4, 0.5) is 4.39 Å². The zero-order valence-electron chi connectivity index (χ0n) is 5.83. The Balaban J connectivity index is 3.26. The fourth-order valence-electron chi connectivity index (χ4n) is 0.763. The summed E-state index contributed by atoms with van der Waals surface area (Å²) < 4.78 is 12.9. The van der Waals surface area contributed by atoms with E-state index in [-0.39, 0.29) is 5.02 Å². The Labute approximate surface area is 72.6 Å². The van der Waals surface area contributed by atoms with E-state index >= 15 is 0 Å². The molecule has 0 bridgehead atoms. The Morgan fingerprint density at radius 1 is 1.25 bits per heavy atom. The molecule has 0 heterocycles. The van der Waals surface area contributed by atoms with Crippen molar-refractivity contribution < 1.29 is 19.7 Å². The Morgan fingerprint density at radius 3 is 2.25 bits per heavy atom. The van der Waals surface area contributed by atoms with Crippen LogP contribution >= 0.6 is 11.6 Å². The second-order valence-electron chi connectivity index (χ2n) is 2.24. The maximum atomic E-state index is 12.9. The molecule has 0 aromatic heterocycles. The van der Waals surface area contributed by atoms with Crippen LogP contribution in [0.3, 0.4) is 0 Å². The third-order valence-electron chi connectivity index (χ3n) is 1.31. The molecule has 5 heteroatoms. The van der Waals surface area contributed by atoms with Crippen molar-refractivity contribution in [2.45, 2.75) is 5.97 Å². The first-order chi connectivity index (χ1) is 5.43. The zero-order valence-corrected chi connectivity index (χ0v) is 6.59. The first-order valence-electron chi connectivity index (χ1n) is 3.04.